The molecule has 0 aliphatic carbocycles. The summed E-state index contributed by atoms with van der Waals surface area (Å²) in [5.41, 5.74) is 0.822. The number of hydrogen-bond acceptors (Lipinski definition) is 4. The Morgan fingerprint density at radius 2 is 1.68 bits per heavy atom. The molecule has 5 heteroatoms. The SMILES string of the molecule is CC(C)CCCOC(=O)/C=C/C(=O)OCc1ccc(Cl)cc1. The van der Waals surface area contributed by atoms with Gasteiger partial charge < -0.3 is 9.47 Å². The maximum atomic E-state index is 11.5. The Balaban J connectivity index is 2.23. The molecule has 0 aliphatic heterocycles. The first kappa shape index (κ1) is 18.2. The van der Waals surface area contributed by atoms with Crippen molar-refractivity contribution in [3.63, 3.8) is 0 Å². The Labute approximate surface area is 136 Å². The fourth-order valence-electron chi connectivity index (χ4n) is 1.63. The van der Waals surface area contributed by atoms with Crippen molar-refractivity contribution in [2.24, 2.45) is 5.92 Å². The van der Waals surface area contributed by atoms with Gasteiger partial charge in [0.1, 0.15) is 6.61 Å². The Morgan fingerprint density at radius 3 is 2.27 bits per heavy atom. The summed E-state index contributed by atoms with van der Waals surface area (Å²) in [6.45, 7) is 4.71. The highest BCUT2D eigenvalue weighted by atomic mass is 35.5. The van der Waals surface area contributed by atoms with Crippen LogP contribution in [-0.4, -0.2) is 18.5 Å². The number of hydrogen-bond donors (Lipinski definition) is 0. The van der Waals surface area contributed by atoms with Crippen molar-refractivity contribution < 1.29 is 19.1 Å². The molecule has 0 saturated heterocycles. The van der Waals surface area contributed by atoms with Crippen molar-refractivity contribution in [3.05, 3.63) is 47.0 Å². The molecule has 0 bridgehead atoms. The number of ether oxygens (including phenoxy) is 2. The van der Waals surface area contributed by atoms with Crippen LogP contribution in [0.5, 0.6) is 0 Å². The molecule has 0 aromatic heterocycles. The second-order valence-corrected chi connectivity index (χ2v) is 5.71. The highest BCUT2D eigenvalue weighted by molar-refractivity contribution is 6.30. The van der Waals surface area contributed by atoms with E-state index in [9.17, 15) is 9.59 Å². The van der Waals surface area contributed by atoms with Crippen LogP contribution in [0.2, 0.25) is 5.02 Å². The van der Waals surface area contributed by atoms with Crippen molar-refractivity contribution in [2.45, 2.75) is 33.3 Å². The molecule has 0 radical (unpaired) electrons. The molecule has 0 heterocycles. The van der Waals surface area contributed by atoms with E-state index in [1.54, 1.807) is 24.3 Å². The van der Waals surface area contributed by atoms with Gasteiger partial charge in [0.15, 0.2) is 0 Å². The van der Waals surface area contributed by atoms with Crippen LogP contribution in [0.15, 0.2) is 36.4 Å². The van der Waals surface area contributed by atoms with Crippen LogP contribution in [0.25, 0.3) is 0 Å². The van der Waals surface area contributed by atoms with E-state index in [0.29, 0.717) is 17.5 Å². The summed E-state index contributed by atoms with van der Waals surface area (Å²) >= 11 is 5.76. The third kappa shape index (κ3) is 8.47. The molecule has 0 atom stereocenters. The smallest absolute Gasteiger partial charge is 0.331 e. The molecule has 0 fully saturated rings. The number of carbonyl (C=O) groups excluding carboxylic acids is 2. The minimum atomic E-state index is -0.589. The third-order valence-corrected chi connectivity index (χ3v) is 3.07. The zero-order chi connectivity index (χ0) is 16.4. The second-order valence-electron chi connectivity index (χ2n) is 5.27. The van der Waals surface area contributed by atoms with E-state index in [1.165, 1.54) is 0 Å². The van der Waals surface area contributed by atoms with E-state index in [4.69, 9.17) is 21.1 Å². The van der Waals surface area contributed by atoms with Crippen molar-refractivity contribution >= 4 is 23.5 Å². The summed E-state index contributed by atoms with van der Waals surface area (Å²) in [6, 6.07) is 6.97. The van der Waals surface area contributed by atoms with Gasteiger partial charge in [0.25, 0.3) is 0 Å². The standard InChI is InChI=1S/C17H21ClO4/c1-13(2)4-3-11-21-16(19)9-10-17(20)22-12-14-5-7-15(18)8-6-14/h5-10,13H,3-4,11-12H2,1-2H3/b10-9+. The first-order valence-electron chi connectivity index (χ1n) is 7.23. The number of rotatable bonds is 8. The Kier molecular flexibility index (Phi) is 8.30. The molecule has 0 saturated carbocycles. The van der Waals surface area contributed by atoms with Gasteiger partial charge in [-0.25, -0.2) is 9.59 Å². The largest absolute Gasteiger partial charge is 0.463 e. The first-order valence-corrected chi connectivity index (χ1v) is 7.61. The molecule has 0 spiro atoms. The van der Waals surface area contributed by atoms with Crippen molar-refractivity contribution in [2.75, 3.05) is 6.61 Å². The lowest BCUT2D eigenvalue weighted by molar-refractivity contribution is -0.141. The topological polar surface area (TPSA) is 52.6 Å². The predicted molar refractivity (Wildman–Crippen MR) is 85.4 cm³/mol. The third-order valence-electron chi connectivity index (χ3n) is 2.82. The van der Waals surface area contributed by atoms with Crippen molar-refractivity contribution in [1.29, 1.82) is 0 Å². The van der Waals surface area contributed by atoms with E-state index in [-0.39, 0.29) is 6.61 Å². The van der Waals surface area contributed by atoms with Crippen LogP contribution in [0.4, 0.5) is 0 Å². The molecule has 22 heavy (non-hydrogen) atoms. The Morgan fingerprint density at radius 1 is 1.09 bits per heavy atom. The van der Waals surface area contributed by atoms with E-state index in [0.717, 1.165) is 30.6 Å². The summed E-state index contributed by atoms with van der Waals surface area (Å²) < 4.78 is 9.97. The molecule has 0 unspecified atom stereocenters. The zero-order valence-corrected chi connectivity index (χ0v) is 13.6. The van der Waals surface area contributed by atoms with Crippen LogP contribution in [0, 0.1) is 5.92 Å². The molecule has 0 aliphatic rings. The summed E-state index contributed by atoms with van der Waals surface area (Å²) in [4.78, 5) is 22.8. The van der Waals surface area contributed by atoms with Gasteiger partial charge >= 0.3 is 11.9 Å². The second kappa shape index (κ2) is 10.0. The summed E-state index contributed by atoms with van der Waals surface area (Å²) in [5, 5.41) is 0.621. The van der Waals surface area contributed by atoms with Gasteiger partial charge in [-0.15, -0.1) is 0 Å². The quantitative estimate of drug-likeness (QED) is 0.413. The first-order chi connectivity index (χ1) is 10.5. The lowest BCUT2D eigenvalue weighted by Gasteiger charge is -2.04. The van der Waals surface area contributed by atoms with Crippen molar-refractivity contribution in [1.82, 2.24) is 0 Å². The van der Waals surface area contributed by atoms with Crippen LogP contribution < -0.4 is 0 Å². The molecule has 120 valence electrons. The van der Waals surface area contributed by atoms with E-state index in [1.807, 2.05) is 0 Å². The number of esters is 2. The lowest BCUT2D eigenvalue weighted by atomic mass is 10.1. The van der Waals surface area contributed by atoms with E-state index in [2.05, 4.69) is 13.8 Å². The van der Waals surface area contributed by atoms with E-state index < -0.39 is 11.9 Å². The maximum absolute atomic E-state index is 11.5. The van der Waals surface area contributed by atoms with Crippen LogP contribution in [-0.2, 0) is 25.7 Å². The fraction of sp³-hybridized carbons (Fsp3) is 0.412. The molecule has 0 amide bonds. The molecule has 1 rings (SSSR count). The lowest BCUT2D eigenvalue weighted by Crippen LogP contribution is -2.06. The Hall–Kier alpha value is -1.81. The van der Waals surface area contributed by atoms with E-state index >= 15 is 0 Å². The van der Waals surface area contributed by atoms with Crippen LogP contribution >= 0.6 is 11.6 Å². The molecular weight excluding hydrogens is 304 g/mol. The highest BCUT2D eigenvalue weighted by Crippen LogP contribution is 2.10. The summed E-state index contributed by atoms with van der Waals surface area (Å²) in [7, 11) is 0. The van der Waals surface area contributed by atoms with Crippen LogP contribution in [0.3, 0.4) is 0 Å². The molecule has 1 aromatic rings. The molecule has 4 nitrogen and oxygen atoms in total. The van der Waals surface area contributed by atoms with Gasteiger partial charge in [0, 0.05) is 17.2 Å². The average molecular weight is 325 g/mol. The number of carbonyl (C=O) groups is 2. The van der Waals surface area contributed by atoms with Gasteiger partial charge in [-0.05, 0) is 36.5 Å². The monoisotopic (exact) mass is 324 g/mol. The average Bonchev–Trinajstić information content (AvgIpc) is 2.48. The summed E-state index contributed by atoms with van der Waals surface area (Å²) in [5.74, 6) is -0.543. The number of halogens is 1. The highest BCUT2D eigenvalue weighted by Gasteiger charge is 2.02. The van der Waals surface area contributed by atoms with Crippen LogP contribution in [0.1, 0.15) is 32.3 Å². The van der Waals surface area contributed by atoms with Gasteiger partial charge in [0.05, 0.1) is 6.61 Å². The molecule has 1 aromatic carbocycles. The minimum absolute atomic E-state index is 0.129. The predicted octanol–water partition coefficient (Wildman–Crippen LogP) is 3.92. The van der Waals surface area contributed by atoms with Gasteiger partial charge in [-0.3, -0.25) is 0 Å². The number of benzene rings is 1. The molecular formula is C17H21ClO4. The minimum Gasteiger partial charge on any atom is -0.463 e. The van der Waals surface area contributed by atoms with Gasteiger partial charge in [0.2, 0.25) is 0 Å². The van der Waals surface area contributed by atoms with Gasteiger partial charge in [-0.1, -0.05) is 37.6 Å². The fourth-order valence-corrected chi connectivity index (χ4v) is 1.76. The normalized spacial score (nSPS) is 10.9. The summed E-state index contributed by atoms with van der Waals surface area (Å²) in [6.07, 6.45) is 3.97. The zero-order valence-electron chi connectivity index (χ0n) is 12.9. The molecule has 0 N–H and O–H groups in total. The Bertz CT molecular complexity index is 506. The van der Waals surface area contributed by atoms with Crippen molar-refractivity contribution in [3.8, 4) is 0 Å². The maximum Gasteiger partial charge on any atom is 0.331 e. The van der Waals surface area contributed by atoms with Gasteiger partial charge in [-0.2, -0.15) is 0 Å².